The number of hydrogen-bond donors (Lipinski definition) is 4. The smallest absolute Gasteiger partial charge is 0.326 e. The second-order valence-corrected chi connectivity index (χ2v) is 8.86. The maximum absolute atomic E-state index is 12.0. The van der Waals surface area contributed by atoms with Crippen LogP contribution >= 0.6 is 0 Å². The lowest BCUT2D eigenvalue weighted by atomic mass is 10.0. The van der Waals surface area contributed by atoms with Crippen molar-refractivity contribution in [2.75, 3.05) is 6.54 Å². The molecule has 33 heavy (non-hydrogen) atoms. The minimum absolute atomic E-state index is 0.105. The number of aromatic amines is 1. The lowest BCUT2D eigenvalue weighted by Crippen LogP contribution is -2.46. The van der Waals surface area contributed by atoms with Gasteiger partial charge in [0.15, 0.2) is 0 Å². The number of nitrogens with zero attached hydrogens (tertiary/aromatic N) is 1. The zero-order chi connectivity index (χ0) is 24.2. The van der Waals surface area contributed by atoms with Gasteiger partial charge in [0.1, 0.15) is 6.04 Å². The van der Waals surface area contributed by atoms with Crippen molar-refractivity contribution in [2.24, 2.45) is 0 Å². The molecule has 2 amide bonds. The lowest BCUT2D eigenvalue weighted by Gasteiger charge is -2.14. The molecule has 1 heterocycles. The quantitative estimate of drug-likeness (QED) is 0.199. The number of carboxylic acid groups (broad SMARTS) is 1. The highest BCUT2D eigenvalue weighted by molar-refractivity contribution is 5.87. The number of carboxylic acids is 1. The third-order valence-electron chi connectivity index (χ3n) is 5.82. The van der Waals surface area contributed by atoms with Gasteiger partial charge in [-0.2, -0.15) is 0 Å². The molecule has 1 rings (SSSR count). The van der Waals surface area contributed by atoms with Gasteiger partial charge in [-0.1, -0.05) is 90.4 Å². The lowest BCUT2D eigenvalue weighted by molar-refractivity contribution is -0.141. The molecular formula is C25H44N4O4. The Hall–Kier alpha value is -2.38. The number of carbonyl (C=O) groups is 3. The molecule has 8 heteroatoms. The highest BCUT2D eigenvalue weighted by atomic mass is 16.4. The molecule has 1 aromatic rings. The molecule has 1 atom stereocenters. The molecular weight excluding hydrogens is 420 g/mol. The molecule has 0 saturated heterocycles. The standard InChI is InChI=1S/C25H44N4O4/c1-2-3-4-5-6-7-8-9-10-11-12-13-14-15-16-23(30)27-19-24(31)29-22(25(32)33)17-21-18-26-20-28-21/h18,20,22H,2-17,19H2,1H3,(H,26,28)(H,27,30)(H,29,31)(H,32,33)/t22-/m0/s1. The van der Waals surface area contributed by atoms with Crippen LogP contribution in [0.3, 0.4) is 0 Å². The summed E-state index contributed by atoms with van der Waals surface area (Å²) in [5, 5.41) is 14.3. The number of unbranched alkanes of at least 4 members (excludes halogenated alkanes) is 13. The van der Waals surface area contributed by atoms with E-state index in [0.717, 1.165) is 19.3 Å². The maximum atomic E-state index is 12.0. The van der Waals surface area contributed by atoms with Crippen LogP contribution in [0.25, 0.3) is 0 Å². The number of aliphatic carboxylic acids is 1. The van der Waals surface area contributed by atoms with E-state index in [4.69, 9.17) is 0 Å². The van der Waals surface area contributed by atoms with E-state index < -0.39 is 17.9 Å². The Labute approximate surface area is 198 Å². The summed E-state index contributed by atoms with van der Waals surface area (Å²) in [6, 6.07) is -1.07. The summed E-state index contributed by atoms with van der Waals surface area (Å²) in [6.07, 6.45) is 21.1. The van der Waals surface area contributed by atoms with E-state index in [1.54, 1.807) is 0 Å². The molecule has 0 spiro atoms. The van der Waals surface area contributed by atoms with E-state index in [-0.39, 0.29) is 18.9 Å². The third-order valence-corrected chi connectivity index (χ3v) is 5.82. The van der Waals surface area contributed by atoms with Gasteiger partial charge in [0.2, 0.25) is 11.8 Å². The molecule has 0 aliphatic heterocycles. The predicted molar refractivity (Wildman–Crippen MR) is 130 cm³/mol. The maximum Gasteiger partial charge on any atom is 0.326 e. The van der Waals surface area contributed by atoms with Gasteiger partial charge in [0, 0.05) is 24.7 Å². The van der Waals surface area contributed by atoms with Crippen molar-refractivity contribution in [3.63, 3.8) is 0 Å². The number of carbonyl (C=O) groups excluding carboxylic acids is 2. The van der Waals surface area contributed by atoms with Crippen LogP contribution in [-0.4, -0.2) is 45.4 Å². The van der Waals surface area contributed by atoms with Crippen LogP contribution < -0.4 is 10.6 Å². The number of imidazole rings is 1. The largest absolute Gasteiger partial charge is 0.480 e. The van der Waals surface area contributed by atoms with Crippen molar-refractivity contribution in [1.29, 1.82) is 0 Å². The molecule has 0 saturated carbocycles. The van der Waals surface area contributed by atoms with Crippen molar-refractivity contribution < 1.29 is 19.5 Å². The van der Waals surface area contributed by atoms with E-state index in [2.05, 4.69) is 27.5 Å². The first-order valence-electron chi connectivity index (χ1n) is 12.8. The van der Waals surface area contributed by atoms with Crippen LogP contribution in [0, 0.1) is 0 Å². The molecule has 0 aliphatic carbocycles. The molecule has 0 aromatic carbocycles. The SMILES string of the molecule is CCCCCCCCCCCCCCCCC(=O)NCC(=O)N[C@@H](Cc1cnc[nH]1)C(=O)O. The van der Waals surface area contributed by atoms with E-state index in [1.807, 2.05) is 0 Å². The van der Waals surface area contributed by atoms with Gasteiger partial charge in [0.25, 0.3) is 0 Å². The first-order chi connectivity index (χ1) is 16.0. The van der Waals surface area contributed by atoms with Crippen LogP contribution in [0.15, 0.2) is 12.5 Å². The molecule has 0 unspecified atom stereocenters. The van der Waals surface area contributed by atoms with Gasteiger partial charge in [-0.3, -0.25) is 9.59 Å². The number of H-pyrrole nitrogens is 1. The predicted octanol–water partition coefficient (Wildman–Crippen LogP) is 4.51. The molecule has 0 bridgehead atoms. The van der Waals surface area contributed by atoms with Crippen LogP contribution in [0.1, 0.15) is 109 Å². The summed E-state index contributed by atoms with van der Waals surface area (Å²) in [6.45, 7) is 2.03. The minimum Gasteiger partial charge on any atom is -0.480 e. The van der Waals surface area contributed by atoms with E-state index in [1.165, 1.54) is 83.2 Å². The molecule has 8 nitrogen and oxygen atoms in total. The zero-order valence-electron chi connectivity index (χ0n) is 20.4. The molecule has 0 fully saturated rings. The topological polar surface area (TPSA) is 124 Å². The number of nitrogens with one attached hydrogen (secondary N) is 3. The Kier molecular flexibility index (Phi) is 16.6. The van der Waals surface area contributed by atoms with Gasteiger partial charge in [-0.05, 0) is 6.42 Å². The molecule has 1 aromatic heterocycles. The first-order valence-corrected chi connectivity index (χ1v) is 12.8. The van der Waals surface area contributed by atoms with Crippen molar-refractivity contribution in [3.05, 3.63) is 18.2 Å². The second-order valence-electron chi connectivity index (χ2n) is 8.86. The Bertz CT molecular complexity index is 649. The van der Waals surface area contributed by atoms with Crippen molar-refractivity contribution in [1.82, 2.24) is 20.6 Å². The summed E-state index contributed by atoms with van der Waals surface area (Å²) in [5.74, 6) is -1.83. The normalized spacial score (nSPS) is 11.8. The number of aromatic nitrogens is 2. The van der Waals surface area contributed by atoms with E-state index in [0.29, 0.717) is 12.1 Å². The highest BCUT2D eigenvalue weighted by Gasteiger charge is 2.21. The summed E-state index contributed by atoms with van der Waals surface area (Å²) in [4.78, 5) is 41.9. The third kappa shape index (κ3) is 16.0. The summed E-state index contributed by atoms with van der Waals surface area (Å²) in [5.41, 5.74) is 0.615. The average Bonchev–Trinajstić information content (AvgIpc) is 3.30. The van der Waals surface area contributed by atoms with Gasteiger partial charge in [-0.25, -0.2) is 9.78 Å². The molecule has 188 valence electrons. The van der Waals surface area contributed by atoms with Crippen LogP contribution in [-0.2, 0) is 20.8 Å². The highest BCUT2D eigenvalue weighted by Crippen LogP contribution is 2.13. The zero-order valence-corrected chi connectivity index (χ0v) is 20.4. The van der Waals surface area contributed by atoms with Crippen molar-refractivity contribution >= 4 is 17.8 Å². The van der Waals surface area contributed by atoms with Crippen molar-refractivity contribution in [2.45, 2.75) is 116 Å². The van der Waals surface area contributed by atoms with E-state index in [9.17, 15) is 19.5 Å². The number of amides is 2. The Morgan fingerprint density at radius 1 is 0.879 bits per heavy atom. The average molecular weight is 465 g/mol. The molecule has 0 radical (unpaired) electrons. The van der Waals surface area contributed by atoms with Gasteiger partial charge < -0.3 is 20.7 Å². The van der Waals surface area contributed by atoms with Gasteiger partial charge in [0.05, 0.1) is 12.9 Å². The fourth-order valence-electron chi connectivity index (χ4n) is 3.81. The fourth-order valence-corrected chi connectivity index (χ4v) is 3.81. The van der Waals surface area contributed by atoms with Gasteiger partial charge >= 0.3 is 5.97 Å². The van der Waals surface area contributed by atoms with Gasteiger partial charge in [-0.15, -0.1) is 0 Å². The Morgan fingerprint density at radius 2 is 1.42 bits per heavy atom. The summed E-state index contributed by atoms with van der Waals surface area (Å²) in [7, 11) is 0. The summed E-state index contributed by atoms with van der Waals surface area (Å²) < 4.78 is 0. The Morgan fingerprint density at radius 3 is 1.91 bits per heavy atom. The van der Waals surface area contributed by atoms with Crippen LogP contribution in [0.4, 0.5) is 0 Å². The summed E-state index contributed by atoms with van der Waals surface area (Å²) >= 11 is 0. The van der Waals surface area contributed by atoms with E-state index >= 15 is 0 Å². The van der Waals surface area contributed by atoms with Crippen molar-refractivity contribution in [3.8, 4) is 0 Å². The first kappa shape index (κ1) is 28.7. The second kappa shape index (κ2) is 19.1. The Balaban J connectivity index is 1.96. The van der Waals surface area contributed by atoms with Crippen LogP contribution in [0.2, 0.25) is 0 Å². The monoisotopic (exact) mass is 464 g/mol. The number of hydrogen-bond acceptors (Lipinski definition) is 4. The fraction of sp³-hybridized carbons (Fsp3) is 0.760. The molecule has 4 N–H and O–H groups in total. The minimum atomic E-state index is -1.13. The number of rotatable bonds is 21. The van der Waals surface area contributed by atoms with Crippen LogP contribution in [0.5, 0.6) is 0 Å². The molecule has 0 aliphatic rings.